The van der Waals surface area contributed by atoms with E-state index in [4.69, 9.17) is 9.47 Å². The van der Waals surface area contributed by atoms with E-state index in [1.807, 2.05) is 12.2 Å². The summed E-state index contributed by atoms with van der Waals surface area (Å²) in [6, 6.07) is 0. The summed E-state index contributed by atoms with van der Waals surface area (Å²) in [5, 5.41) is 0. The molecule has 2 saturated heterocycles. The molecule has 2 N–H and O–H groups in total. The van der Waals surface area contributed by atoms with Gasteiger partial charge in [-0.05, 0) is 33.6 Å². The summed E-state index contributed by atoms with van der Waals surface area (Å²) in [6.45, 7) is 5.45. The van der Waals surface area contributed by atoms with Crippen LogP contribution in [-0.2, 0) is 23.9 Å². The number of hydrogen-bond donors (Lipinski definition) is 2. The van der Waals surface area contributed by atoms with Gasteiger partial charge < -0.3 is 9.47 Å². The minimum absolute atomic E-state index is 0.162. The van der Waals surface area contributed by atoms with Crippen molar-refractivity contribution in [1.82, 2.24) is 15.8 Å². The molecule has 27 heavy (non-hydrogen) atoms. The lowest BCUT2D eigenvalue weighted by atomic mass is 9.85. The van der Waals surface area contributed by atoms with Crippen LogP contribution in [0.2, 0.25) is 0 Å². The minimum Gasteiger partial charge on any atom is -0.443 e. The number of fused-ring (bicyclic) bond motifs is 5. The molecule has 0 aliphatic carbocycles. The van der Waals surface area contributed by atoms with Crippen molar-refractivity contribution in [3.63, 3.8) is 0 Å². The lowest BCUT2D eigenvalue weighted by Gasteiger charge is -2.19. The van der Waals surface area contributed by atoms with Gasteiger partial charge in [0, 0.05) is 13.0 Å². The Morgan fingerprint density at radius 1 is 1.07 bits per heavy atom. The van der Waals surface area contributed by atoms with Crippen LogP contribution >= 0.6 is 0 Å². The van der Waals surface area contributed by atoms with E-state index >= 15 is 0 Å². The molecule has 3 aliphatic rings. The molecule has 3 aliphatic heterocycles. The monoisotopic (exact) mass is 379 g/mol. The zero-order chi connectivity index (χ0) is 19.8. The first-order chi connectivity index (χ1) is 12.7. The maximum Gasteiger partial charge on any atom is 0.426 e. The van der Waals surface area contributed by atoms with Crippen molar-refractivity contribution in [3.05, 3.63) is 12.2 Å². The lowest BCUT2D eigenvalue weighted by Crippen LogP contribution is -2.44. The highest BCUT2D eigenvalue weighted by Crippen LogP contribution is 2.45. The molecule has 0 radical (unpaired) electrons. The van der Waals surface area contributed by atoms with Crippen molar-refractivity contribution >= 4 is 23.8 Å². The van der Waals surface area contributed by atoms with Gasteiger partial charge in [0.05, 0.1) is 24.0 Å². The average Bonchev–Trinajstić information content (AvgIpc) is 3.24. The van der Waals surface area contributed by atoms with Crippen LogP contribution in [0.5, 0.6) is 0 Å². The van der Waals surface area contributed by atoms with Crippen molar-refractivity contribution < 1.29 is 28.7 Å². The smallest absolute Gasteiger partial charge is 0.426 e. The molecule has 0 aromatic heterocycles. The van der Waals surface area contributed by atoms with Gasteiger partial charge in [-0.3, -0.25) is 24.7 Å². The molecule has 2 fully saturated rings. The van der Waals surface area contributed by atoms with Gasteiger partial charge in [0.25, 0.3) is 0 Å². The van der Waals surface area contributed by atoms with Crippen molar-refractivity contribution in [3.8, 4) is 0 Å². The quantitative estimate of drug-likeness (QED) is 0.314. The second-order valence-corrected chi connectivity index (χ2v) is 7.96. The molecular weight excluding hydrogens is 354 g/mol. The third-order valence-corrected chi connectivity index (χ3v) is 4.74. The first-order valence-electron chi connectivity index (χ1n) is 9.14. The standard InChI is InChI=1S/C18H25N3O6/c1-18(2,3)27-17(25)20-19-12(22)6-4-5-9-21-15(23)13-10-7-8-11(26-10)14(13)16(21)24/h7-8,10-11,13-14H,4-6,9H2,1-3H3,(H,19,22)(H,20,25). The predicted molar refractivity (Wildman–Crippen MR) is 92.9 cm³/mol. The topological polar surface area (TPSA) is 114 Å². The largest absolute Gasteiger partial charge is 0.443 e. The summed E-state index contributed by atoms with van der Waals surface area (Å²) in [7, 11) is 0. The highest BCUT2D eigenvalue weighted by molar-refractivity contribution is 6.06. The number of amides is 4. The summed E-state index contributed by atoms with van der Waals surface area (Å²) >= 11 is 0. The molecule has 0 spiro atoms. The normalized spacial score (nSPS) is 28.5. The van der Waals surface area contributed by atoms with Crippen molar-refractivity contribution in [2.45, 2.75) is 57.8 Å². The van der Waals surface area contributed by atoms with Gasteiger partial charge in [0.15, 0.2) is 0 Å². The van der Waals surface area contributed by atoms with Gasteiger partial charge in [-0.2, -0.15) is 0 Å². The number of hydrazine groups is 1. The van der Waals surface area contributed by atoms with Gasteiger partial charge in [0.2, 0.25) is 17.7 Å². The van der Waals surface area contributed by atoms with E-state index in [1.165, 1.54) is 4.90 Å². The van der Waals surface area contributed by atoms with E-state index in [-0.39, 0.29) is 42.9 Å². The Hall–Kier alpha value is -2.42. The number of unbranched alkanes of at least 4 members (excludes halogenated alkanes) is 1. The fourth-order valence-corrected chi connectivity index (χ4v) is 3.63. The summed E-state index contributed by atoms with van der Waals surface area (Å²) in [5.41, 5.74) is 3.80. The fourth-order valence-electron chi connectivity index (χ4n) is 3.63. The van der Waals surface area contributed by atoms with Crippen molar-refractivity contribution in [2.24, 2.45) is 11.8 Å². The van der Waals surface area contributed by atoms with Crippen molar-refractivity contribution in [1.29, 1.82) is 0 Å². The van der Waals surface area contributed by atoms with Crippen molar-refractivity contribution in [2.75, 3.05) is 6.54 Å². The molecule has 0 saturated carbocycles. The Morgan fingerprint density at radius 3 is 2.22 bits per heavy atom. The van der Waals surface area contributed by atoms with Crippen LogP contribution in [0.1, 0.15) is 40.0 Å². The average molecular weight is 379 g/mol. The van der Waals surface area contributed by atoms with E-state index < -0.39 is 23.5 Å². The number of hydrogen-bond acceptors (Lipinski definition) is 6. The highest BCUT2D eigenvalue weighted by atomic mass is 16.6. The zero-order valence-electron chi connectivity index (χ0n) is 15.7. The molecule has 4 atom stereocenters. The first kappa shape index (κ1) is 19.3. The Morgan fingerprint density at radius 2 is 1.67 bits per heavy atom. The molecule has 4 amide bonds. The predicted octanol–water partition coefficient (Wildman–Crippen LogP) is 0.651. The Bertz CT molecular complexity index is 653. The first-order valence-corrected chi connectivity index (χ1v) is 9.14. The van der Waals surface area contributed by atoms with Crippen LogP contribution in [0.3, 0.4) is 0 Å². The molecule has 9 nitrogen and oxygen atoms in total. The van der Waals surface area contributed by atoms with Gasteiger partial charge in [0.1, 0.15) is 5.60 Å². The van der Waals surface area contributed by atoms with Crippen LogP contribution in [0.4, 0.5) is 4.79 Å². The molecule has 9 heteroatoms. The van der Waals surface area contributed by atoms with E-state index in [0.717, 1.165) is 0 Å². The van der Waals surface area contributed by atoms with Crippen LogP contribution < -0.4 is 10.9 Å². The van der Waals surface area contributed by atoms with Crippen LogP contribution in [0.25, 0.3) is 0 Å². The zero-order valence-corrected chi connectivity index (χ0v) is 15.7. The second kappa shape index (κ2) is 7.30. The SMILES string of the molecule is CC(C)(C)OC(=O)NNC(=O)CCCCN1C(=O)C2C3C=CC(O3)C2C1=O. The number of carbonyl (C=O) groups is 4. The molecule has 2 bridgehead atoms. The third-order valence-electron chi connectivity index (χ3n) is 4.74. The maximum absolute atomic E-state index is 12.5. The molecular formula is C18H25N3O6. The van der Waals surface area contributed by atoms with Gasteiger partial charge in [-0.25, -0.2) is 10.2 Å². The summed E-state index contributed by atoms with van der Waals surface area (Å²) in [5.74, 6) is -1.52. The van der Waals surface area contributed by atoms with E-state index in [0.29, 0.717) is 12.8 Å². The molecule has 4 unspecified atom stereocenters. The Labute approximate surface area is 157 Å². The van der Waals surface area contributed by atoms with E-state index in [1.54, 1.807) is 20.8 Å². The van der Waals surface area contributed by atoms with Crippen LogP contribution in [0, 0.1) is 11.8 Å². The second-order valence-electron chi connectivity index (χ2n) is 7.96. The van der Waals surface area contributed by atoms with Gasteiger partial charge >= 0.3 is 6.09 Å². The Balaban J connectivity index is 1.35. The molecule has 148 valence electrons. The maximum atomic E-state index is 12.5. The molecule has 3 rings (SSSR count). The minimum atomic E-state index is -0.735. The number of ether oxygens (including phenoxy) is 2. The van der Waals surface area contributed by atoms with Crippen LogP contribution in [0.15, 0.2) is 12.2 Å². The molecule has 3 heterocycles. The van der Waals surface area contributed by atoms with Crippen LogP contribution in [-0.4, -0.2) is 53.1 Å². The number of nitrogens with zero attached hydrogens (tertiary/aromatic N) is 1. The number of rotatable bonds is 5. The van der Waals surface area contributed by atoms with E-state index in [2.05, 4.69) is 10.9 Å². The highest BCUT2D eigenvalue weighted by Gasteiger charge is 2.60. The molecule has 0 aromatic carbocycles. The summed E-state index contributed by atoms with van der Waals surface area (Å²) in [4.78, 5) is 49.4. The van der Waals surface area contributed by atoms with Gasteiger partial charge in [-0.1, -0.05) is 12.2 Å². The third kappa shape index (κ3) is 4.13. The number of nitrogens with one attached hydrogen (secondary N) is 2. The number of carbonyl (C=O) groups excluding carboxylic acids is 4. The fraction of sp³-hybridized carbons (Fsp3) is 0.667. The lowest BCUT2D eigenvalue weighted by molar-refractivity contribution is -0.142. The molecule has 0 aromatic rings. The number of likely N-dealkylation sites (tertiary alicyclic amines) is 1. The Kier molecular flexibility index (Phi) is 5.23. The van der Waals surface area contributed by atoms with Gasteiger partial charge in [-0.15, -0.1) is 0 Å². The number of imide groups is 1. The summed E-state index contributed by atoms with van der Waals surface area (Å²) in [6.07, 6.45) is 3.55. The van der Waals surface area contributed by atoms with E-state index in [9.17, 15) is 19.2 Å². The summed E-state index contributed by atoms with van der Waals surface area (Å²) < 4.78 is 10.6.